The molecule has 0 saturated heterocycles. The maximum Gasteiger partial charge on any atom is 0.573 e. The largest absolute Gasteiger partial charge is 0.573 e. The van der Waals surface area contributed by atoms with E-state index in [1.807, 2.05) is 0 Å². The van der Waals surface area contributed by atoms with Crippen molar-refractivity contribution in [3.8, 4) is 22.6 Å². The molecular formula is C17H13F3O4. The van der Waals surface area contributed by atoms with Crippen molar-refractivity contribution in [2.24, 2.45) is 0 Å². The van der Waals surface area contributed by atoms with E-state index in [4.69, 9.17) is 9.47 Å². The zero-order chi connectivity index (χ0) is 17.6. The Morgan fingerprint density at radius 3 is 2.38 bits per heavy atom. The lowest BCUT2D eigenvalue weighted by Crippen LogP contribution is -2.16. The van der Waals surface area contributed by atoms with Crippen molar-refractivity contribution in [1.82, 2.24) is 0 Å². The first-order chi connectivity index (χ1) is 11.4. The zero-order valence-electron chi connectivity index (χ0n) is 12.4. The van der Waals surface area contributed by atoms with Gasteiger partial charge in [0.1, 0.15) is 11.5 Å². The Kier molecular flexibility index (Phi) is 5.47. The third-order valence-electron chi connectivity index (χ3n) is 2.85. The quantitative estimate of drug-likeness (QED) is 0.447. The van der Waals surface area contributed by atoms with Crippen LogP contribution in [0.3, 0.4) is 0 Å². The predicted molar refractivity (Wildman–Crippen MR) is 80.3 cm³/mol. The summed E-state index contributed by atoms with van der Waals surface area (Å²) >= 11 is 0. The Balaban J connectivity index is 2.05. The second-order valence-corrected chi connectivity index (χ2v) is 4.53. The Hall–Kier alpha value is -2.96. The van der Waals surface area contributed by atoms with Crippen LogP contribution in [-0.4, -0.2) is 19.1 Å². The lowest BCUT2D eigenvalue weighted by molar-refractivity contribution is -0.274. The smallest absolute Gasteiger partial charge is 0.457 e. The Morgan fingerprint density at radius 1 is 1.04 bits per heavy atom. The Bertz CT molecular complexity index is 709. The van der Waals surface area contributed by atoms with Gasteiger partial charge in [-0.2, -0.15) is 0 Å². The summed E-state index contributed by atoms with van der Waals surface area (Å²) in [6, 6.07) is 12.2. The summed E-state index contributed by atoms with van der Waals surface area (Å²) in [6.07, 6.45) is -3.71. The highest BCUT2D eigenvalue weighted by Crippen LogP contribution is 2.28. The molecule has 0 unspecified atom stereocenters. The first-order valence-electron chi connectivity index (χ1n) is 6.75. The highest BCUT2D eigenvalue weighted by Gasteiger charge is 2.30. The maximum absolute atomic E-state index is 12.1. The van der Waals surface area contributed by atoms with Gasteiger partial charge in [0, 0.05) is 6.08 Å². The third kappa shape index (κ3) is 5.35. The molecule has 2 aromatic rings. The van der Waals surface area contributed by atoms with Crippen LogP contribution in [-0.2, 0) is 9.53 Å². The van der Waals surface area contributed by atoms with Crippen molar-refractivity contribution in [2.45, 2.75) is 6.36 Å². The fourth-order valence-corrected chi connectivity index (χ4v) is 1.83. The van der Waals surface area contributed by atoms with Crippen molar-refractivity contribution in [1.29, 1.82) is 0 Å². The van der Waals surface area contributed by atoms with Crippen LogP contribution < -0.4 is 9.47 Å². The normalized spacial score (nSPS) is 10.8. The van der Waals surface area contributed by atoms with Crippen LogP contribution in [0.1, 0.15) is 0 Å². The van der Waals surface area contributed by atoms with Crippen LogP contribution in [0, 0.1) is 0 Å². The molecular weight excluding hydrogens is 325 g/mol. The summed E-state index contributed by atoms with van der Waals surface area (Å²) in [5, 5.41) is 0. The molecule has 0 N–H and O–H groups in total. The summed E-state index contributed by atoms with van der Waals surface area (Å²) < 4.78 is 50.2. The number of esters is 1. The molecule has 0 spiro atoms. The van der Waals surface area contributed by atoms with E-state index in [0.29, 0.717) is 11.3 Å². The number of benzene rings is 2. The van der Waals surface area contributed by atoms with Gasteiger partial charge in [-0.3, -0.25) is 0 Å². The lowest BCUT2D eigenvalue weighted by Gasteiger charge is -2.10. The fourth-order valence-electron chi connectivity index (χ4n) is 1.83. The number of hydrogen-bond donors (Lipinski definition) is 0. The molecule has 0 saturated carbocycles. The first kappa shape index (κ1) is 17.4. The molecule has 0 aliphatic rings. The van der Waals surface area contributed by atoms with Gasteiger partial charge >= 0.3 is 12.3 Å². The Morgan fingerprint density at radius 2 is 1.75 bits per heavy atom. The SMILES string of the molecule is C=CC(=O)OCOc1cccc(-c2ccc(OC(F)(F)F)cc2)c1. The lowest BCUT2D eigenvalue weighted by atomic mass is 10.1. The van der Waals surface area contributed by atoms with Crippen molar-refractivity contribution in [3.05, 3.63) is 61.2 Å². The summed E-state index contributed by atoms with van der Waals surface area (Å²) in [5.74, 6) is -0.457. The molecule has 2 aromatic carbocycles. The Labute approximate surface area is 136 Å². The summed E-state index contributed by atoms with van der Waals surface area (Å²) in [4.78, 5) is 10.9. The van der Waals surface area contributed by atoms with Gasteiger partial charge < -0.3 is 14.2 Å². The van der Waals surface area contributed by atoms with Crippen LogP contribution in [0.5, 0.6) is 11.5 Å². The second kappa shape index (κ2) is 7.54. The number of halogens is 3. The first-order valence-corrected chi connectivity index (χ1v) is 6.75. The monoisotopic (exact) mass is 338 g/mol. The molecule has 0 aliphatic carbocycles. The van der Waals surface area contributed by atoms with Gasteiger partial charge in [-0.05, 0) is 35.4 Å². The number of ether oxygens (including phenoxy) is 3. The standard InChI is InChI=1S/C17H13F3O4/c1-2-16(21)23-11-22-15-5-3-4-13(10-15)12-6-8-14(9-7-12)24-17(18,19)20/h2-10H,1,11H2. The highest BCUT2D eigenvalue weighted by molar-refractivity contribution is 5.81. The molecule has 0 aliphatic heterocycles. The second-order valence-electron chi connectivity index (χ2n) is 4.53. The maximum atomic E-state index is 12.1. The van der Waals surface area contributed by atoms with Crippen molar-refractivity contribution in [3.63, 3.8) is 0 Å². The third-order valence-corrected chi connectivity index (χ3v) is 2.85. The van der Waals surface area contributed by atoms with E-state index >= 15 is 0 Å². The molecule has 0 fully saturated rings. The van der Waals surface area contributed by atoms with E-state index in [9.17, 15) is 18.0 Å². The summed E-state index contributed by atoms with van der Waals surface area (Å²) in [7, 11) is 0. The molecule has 0 bridgehead atoms. The molecule has 24 heavy (non-hydrogen) atoms. The molecule has 0 heterocycles. The highest BCUT2D eigenvalue weighted by atomic mass is 19.4. The molecule has 0 radical (unpaired) electrons. The average Bonchev–Trinajstić information content (AvgIpc) is 2.54. The summed E-state index contributed by atoms with van der Waals surface area (Å²) in [6.45, 7) is 2.99. The van der Waals surface area contributed by atoms with Gasteiger partial charge in [0.25, 0.3) is 0 Å². The molecule has 4 nitrogen and oxygen atoms in total. The van der Waals surface area contributed by atoms with Crippen LogP contribution in [0.4, 0.5) is 13.2 Å². The molecule has 0 aromatic heterocycles. The van der Waals surface area contributed by atoms with Crippen LogP contribution in [0.25, 0.3) is 11.1 Å². The minimum Gasteiger partial charge on any atom is -0.457 e. The topological polar surface area (TPSA) is 44.8 Å². The van der Waals surface area contributed by atoms with Crippen LogP contribution in [0.15, 0.2) is 61.2 Å². The molecule has 7 heteroatoms. The minimum atomic E-state index is -4.72. The number of carbonyl (C=O) groups excluding carboxylic acids is 1. The molecule has 2 rings (SSSR count). The van der Waals surface area contributed by atoms with Crippen molar-refractivity contribution >= 4 is 5.97 Å². The fraction of sp³-hybridized carbons (Fsp3) is 0.118. The van der Waals surface area contributed by atoms with Gasteiger partial charge in [0.2, 0.25) is 6.79 Å². The zero-order valence-corrected chi connectivity index (χ0v) is 12.4. The summed E-state index contributed by atoms with van der Waals surface area (Å²) in [5.41, 5.74) is 1.40. The van der Waals surface area contributed by atoms with Gasteiger partial charge in [0.05, 0.1) is 0 Å². The van der Waals surface area contributed by atoms with Gasteiger partial charge in [-0.1, -0.05) is 30.8 Å². The average molecular weight is 338 g/mol. The van der Waals surface area contributed by atoms with E-state index in [1.54, 1.807) is 24.3 Å². The van der Waals surface area contributed by atoms with Gasteiger partial charge in [-0.15, -0.1) is 13.2 Å². The van der Waals surface area contributed by atoms with E-state index in [-0.39, 0.29) is 12.5 Å². The van der Waals surface area contributed by atoms with E-state index < -0.39 is 12.3 Å². The molecule has 0 amide bonds. The number of alkyl halides is 3. The van der Waals surface area contributed by atoms with Crippen molar-refractivity contribution < 1.29 is 32.2 Å². The van der Waals surface area contributed by atoms with Gasteiger partial charge in [0.15, 0.2) is 0 Å². The molecule has 0 atom stereocenters. The number of carbonyl (C=O) groups is 1. The molecule has 126 valence electrons. The van der Waals surface area contributed by atoms with E-state index in [2.05, 4.69) is 11.3 Å². The number of rotatable bonds is 6. The predicted octanol–water partition coefficient (Wildman–Crippen LogP) is 4.32. The minimum absolute atomic E-state index is 0.271. The van der Waals surface area contributed by atoms with Gasteiger partial charge in [-0.25, -0.2) is 4.79 Å². The van der Waals surface area contributed by atoms with E-state index in [1.165, 1.54) is 24.3 Å². The number of hydrogen-bond acceptors (Lipinski definition) is 4. The van der Waals surface area contributed by atoms with E-state index in [0.717, 1.165) is 11.6 Å². The van der Waals surface area contributed by atoms with Crippen molar-refractivity contribution in [2.75, 3.05) is 6.79 Å². The van der Waals surface area contributed by atoms with Crippen LogP contribution >= 0.6 is 0 Å². The van der Waals surface area contributed by atoms with Crippen LogP contribution in [0.2, 0.25) is 0 Å².